The first-order valence-electron chi connectivity index (χ1n) is 9.84. The number of rotatable bonds is 9. The highest BCUT2D eigenvalue weighted by Gasteiger charge is 2.46. The van der Waals surface area contributed by atoms with Crippen LogP contribution in [0.15, 0.2) is 55.1 Å². The molecule has 9 heteroatoms. The molecule has 0 aliphatic carbocycles. The molecule has 4 amide bonds. The maximum absolute atomic E-state index is 13.2. The van der Waals surface area contributed by atoms with Crippen molar-refractivity contribution in [2.24, 2.45) is 0 Å². The quantitative estimate of drug-likeness (QED) is 0.476. The van der Waals surface area contributed by atoms with E-state index in [1.54, 1.807) is 42.5 Å². The van der Waals surface area contributed by atoms with E-state index in [1.165, 1.54) is 32.3 Å². The zero-order valence-electron chi connectivity index (χ0n) is 18.2. The molecule has 32 heavy (non-hydrogen) atoms. The molecule has 168 valence electrons. The molecule has 1 fully saturated rings. The molecule has 2 aromatic carbocycles. The van der Waals surface area contributed by atoms with Crippen LogP contribution in [-0.2, 0) is 9.59 Å². The molecule has 2 aromatic rings. The molecule has 1 heterocycles. The van der Waals surface area contributed by atoms with Crippen molar-refractivity contribution in [3.63, 3.8) is 0 Å². The lowest BCUT2D eigenvalue weighted by Gasteiger charge is -2.19. The highest BCUT2D eigenvalue weighted by molar-refractivity contribution is 6.22. The Balaban J connectivity index is 1.82. The number of carbonyl (C=O) groups is 3. The van der Waals surface area contributed by atoms with Crippen molar-refractivity contribution in [1.29, 1.82) is 0 Å². The van der Waals surface area contributed by atoms with Crippen molar-refractivity contribution in [3.05, 3.63) is 55.1 Å². The normalized spacial score (nSPS) is 15.5. The first kappa shape index (κ1) is 22.7. The third kappa shape index (κ3) is 4.66. The first-order valence-corrected chi connectivity index (χ1v) is 9.84. The Morgan fingerprint density at radius 3 is 2.28 bits per heavy atom. The average Bonchev–Trinajstić information content (AvgIpc) is 3.02. The molecule has 0 saturated carbocycles. The minimum Gasteiger partial charge on any atom is -0.497 e. The van der Waals surface area contributed by atoms with Crippen LogP contribution in [0.2, 0.25) is 0 Å². The van der Waals surface area contributed by atoms with Gasteiger partial charge in [0.2, 0.25) is 5.91 Å². The number of nitrogens with zero attached hydrogens (tertiary/aromatic N) is 2. The standard InChI is InChI=1S/C23H25N3O6/c1-5-9-25-20(14-21(27)24-15-10-18(31-3)13-19(11-15)32-4)22(28)26(23(25)29)16-7-6-8-17(12-16)30-2/h5-8,10-13,20H,1,9,14H2,2-4H3,(H,24,27)/t20-/m0/s1. The van der Waals surface area contributed by atoms with Crippen LogP contribution in [0, 0.1) is 0 Å². The maximum Gasteiger partial charge on any atom is 0.332 e. The number of hydrogen-bond acceptors (Lipinski definition) is 6. The first-order chi connectivity index (χ1) is 15.4. The summed E-state index contributed by atoms with van der Waals surface area (Å²) in [6.07, 6.45) is 1.29. The van der Waals surface area contributed by atoms with E-state index in [2.05, 4.69) is 11.9 Å². The number of hydrogen-bond donors (Lipinski definition) is 1. The predicted molar refractivity (Wildman–Crippen MR) is 119 cm³/mol. The van der Waals surface area contributed by atoms with Gasteiger partial charge in [-0.25, -0.2) is 9.69 Å². The van der Waals surface area contributed by atoms with Gasteiger partial charge in [0.1, 0.15) is 23.3 Å². The zero-order chi connectivity index (χ0) is 23.3. The van der Waals surface area contributed by atoms with Crippen molar-refractivity contribution in [2.45, 2.75) is 12.5 Å². The van der Waals surface area contributed by atoms with Crippen LogP contribution >= 0.6 is 0 Å². The van der Waals surface area contributed by atoms with E-state index >= 15 is 0 Å². The van der Waals surface area contributed by atoms with Gasteiger partial charge < -0.3 is 24.4 Å². The molecule has 0 aromatic heterocycles. The number of anilines is 2. The Kier molecular flexibility index (Phi) is 6.99. The maximum atomic E-state index is 13.2. The van der Waals surface area contributed by atoms with Crippen LogP contribution in [0.1, 0.15) is 6.42 Å². The van der Waals surface area contributed by atoms with E-state index in [1.807, 2.05) is 0 Å². The molecule has 1 N–H and O–H groups in total. The summed E-state index contributed by atoms with van der Waals surface area (Å²) in [5, 5.41) is 2.74. The number of benzene rings is 2. The lowest BCUT2D eigenvalue weighted by Crippen LogP contribution is -2.38. The largest absolute Gasteiger partial charge is 0.497 e. The summed E-state index contributed by atoms with van der Waals surface area (Å²) < 4.78 is 15.6. The predicted octanol–water partition coefficient (Wildman–Crippen LogP) is 3.06. The van der Waals surface area contributed by atoms with Gasteiger partial charge in [0.05, 0.1) is 33.4 Å². The topological polar surface area (TPSA) is 97.4 Å². The summed E-state index contributed by atoms with van der Waals surface area (Å²) >= 11 is 0. The van der Waals surface area contributed by atoms with Crippen LogP contribution in [0.3, 0.4) is 0 Å². The number of methoxy groups -OCH3 is 3. The second kappa shape index (κ2) is 9.86. The molecule has 0 bridgehead atoms. The van der Waals surface area contributed by atoms with Gasteiger partial charge in [-0.1, -0.05) is 12.1 Å². The summed E-state index contributed by atoms with van der Waals surface area (Å²) in [6, 6.07) is 10.1. The van der Waals surface area contributed by atoms with E-state index in [-0.39, 0.29) is 13.0 Å². The van der Waals surface area contributed by atoms with Crippen LogP contribution in [0.5, 0.6) is 17.2 Å². The number of imide groups is 1. The van der Waals surface area contributed by atoms with Gasteiger partial charge in [-0.2, -0.15) is 0 Å². The average molecular weight is 439 g/mol. The number of nitrogens with one attached hydrogen (secondary N) is 1. The highest BCUT2D eigenvalue weighted by Crippen LogP contribution is 2.30. The van der Waals surface area contributed by atoms with Crippen LogP contribution in [0.25, 0.3) is 0 Å². The summed E-state index contributed by atoms with van der Waals surface area (Å²) in [6.45, 7) is 3.78. The van der Waals surface area contributed by atoms with Gasteiger partial charge in [-0.3, -0.25) is 9.59 Å². The number of urea groups is 1. The van der Waals surface area contributed by atoms with Crippen LogP contribution in [-0.4, -0.2) is 56.7 Å². The minimum atomic E-state index is -0.973. The summed E-state index contributed by atoms with van der Waals surface area (Å²) in [7, 11) is 4.50. The molecular formula is C23H25N3O6. The molecule has 0 unspecified atom stereocenters. The fraction of sp³-hybridized carbons (Fsp3) is 0.261. The van der Waals surface area contributed by atoms with Crippen LogP contribution < -0.4 is 24.4 Å². The number of ether oxygens (including phenoxy) is 3. The molecule has 0 spiro atoms. The van der Waals surface area contributed by atoms with E-state index in [9.17, 15) is 14.4 Å². The Hall–Kier alpha value is -4.01. The third-order valence-electron chi connectivity index (χ3n) is 4.97. The van der Waals surface area contributed by atoms with E-state index in [0.717, 1.165) is 4.90 Å². The molecule has 9 nitrogen and oxygen atoms in total. The Morgan fingerprint density at radius 1 is 1.03 bits per heavy atom. The van der Waals surface area contributed by atoms with Crippen molar-refractivity contribution < 1.29 is 28.6 Å². The molecule has 1 aliphatic heterocycles. The monoisotopic (exact) mass is 439 g/mol. The lowest BCUT2D eigenvalue weighted by atomic mass is 10.1. The Morgan fingerprint density at radius 2 is 1.69 bits per heavy atom. The van der Waals surface area contributed by atoms with Gasteiger partial charge >= 0.3 is 6.03 Å². The summed E-state index contributed by atoms with van der Waals surface area (Å²) in [4.78, 5) is 41.3. The lowest BCUT2D eigenvalue weighted by molar-refractivity contribution is -0.124. The molecule has 1 aliphatic rings. The Labute approximate surface area is 186 Å². The SMILES string of the molecule is C=CCN1C(=O)N(c2cccc(OC)c2)C(=O)[C@@H]1CC(=O)Nc1cc(OC)cc(OC)c1. The van der Waals surface area contributed by atoms with E-state index in [0.29, 0.717) is 28.6 Å². The highest BCUT2D eigenvalue weighted by atomic mass is 16.5. The van der Waals surface area contributed by atoms with E-state index in [4.69, 9.17) is 14.2 Å². The second-order valence-electron chi connectivity index (χ2n) is 6.97. The van der Waals surface area contributed by atoms with Gasteiger partial charge in [-0.05, 0) is 12.1 Å². The van der Waals surface area contributed by atoms with E-state index < -0.39 is 23.9 Å². The van der Waals surface area contributed by atoms with Gasteiger partial charge in [-0.15, -0.1) is 6.58 Å². The molecule has 0 radical (unpaired) electrons. The number of amides is 4. The van der Waals surface area contributed by atoms with Crippen molar-refractivity contribution in [3.8, 4) is 17.2 Å². The Bertz CT molecular complexity index is 1020. The van der Waals surface area contributed by atoms with Gasteiger partial charge in [0.25, 0.3) is 5.91 Å². The number of carbonyl (C=O) groups excluding carboxylic acids is 3. The smallest absolute Gasteiger partial charge is 0.332 e. The molecular weight excluding hydrogens is 414 g/mol. The van der Waals surface area contributed by atoms with Gasteiger partial charge in [0.15, 0.2) is 0 Å². The molecule has 1 atom stereocenters. The fourth-order valence-electron chi connectivity index (χ4n) is 3.43. The molecule has 1 saturated heterocycles. The van der Waals surface area contributed by atoms with Crippen molar-refractivity contribution in [1.82, 2.24) is 4.90 Å². The molecule has 3 rings (SSSR count). The van der Waals surface area contributed by atoms with Gasteiger partial charge in [0, 0.05) is 36.5 Å². The summed E-state index contributed by atoms with van der Waals surface area (Å²) in [5.74, 6) is 0.580. The summed E-state index contributed by atoms with van der Waals surface area (Å²) in [5.41, 5.74) is 0.816. The van der Waals surface area contributed by atoms with Crippen molar-refractivity contribution >= 4 is 29.2 Å². The third-order valence-corrected chi connectivity index (χ3v) is 4.97. The minimum absolute atomic E-state index is 0.121. The second-order valence-corrected chi connectivity index (χ2v) is 6.97. The van der Waals surface area contributed by atoms with Crippen molar-refractivity contribution in [2.75, 3.05) is 38.1 Å². The fourth-order valence-corrected chi connectivity index (χ4v) is 3.43. The zero-order valence-corrected chi connectivity index (χ0v) is 18.2. The van der Waals surface area contributed by atoms with Crippen LogP contribution in [0.4, 0.5) is 16.2 Å².